The Morgan fingerprint density at radius 3 is 2.47 bits per heavy atom. The molecule has 1 aromatic carbocycles. The average Bonchev–Trinajstić information content (AvgIpc) is 2.25. The lowest BCUT2D eigenvalue weighted by molar-refractivity contribution is -0.384. The maximum Gasteiger partial charge on any atom is 0.307 e. The molecule has 104 valence electrons. The number of nitrogens with zero attached hydrogens (tertiary/aromatic N) is 1. The van der Waals surface area contributed by atoms with E-state index in [9.17, 15) is 23.3 Å². The summed E-state index contributed by atoms with van der Waals surface area (Å²) in [6.45, 7) is 0.753. The summed E-state index contributed by atoms with van der Waals surface area (Å²) in [5.74, 6) is -0.414. The normalized spacial score (nSPS) is 11.3. The van der Waals surface area contributed by atoms with E-state index in [1.807, 2.05) is 4.72 Å². The Labute approximate surface area is 118 Å². The van der Waals surface area contributed by atoms with Crippen LogP contribution in [-0.4, -0.2) is 25.7 Å². The molecule has 0 heterocycles. The van der Waals surface area contributed by atoms with Crippen LogP contribution in [0, 0.1) is 10.1 Å². The molecule has 1 N–H and O–H groups in total. The SMILES string of the molecule is CC(=O)CNS(=O)(=O)c1ccc(Cl)c([N+](=O)[O-])c1Cl. The molecule has 10 heteroatoms. The number of halogens is 2. The zero-order valence-corrected chi connectivity index (χ0v) is 11.8. The molecule has 0 radical (unpaired) electrons. The minimum atomic E-state index is -4.12. The summed E-state index contributed by atoms with van der Waals surface area (Å²) >= 11 is 11.3. The molecule has 19 heavy (non-hydrogen) atoms. The highest BCUT2D eigenvalue weighted by atomic mass is 35.5. The molecule has 7 nitrogen and oxygen atoms in total. The smallest absolute Gasteiger partial charge is 0.299 e. The third-order valence-electron chi connectivity index (χ3n) is 2.01. The second-order valence-electron chi connectivity index (χ2n) is 3.49. The van der Waals surface area contributed by atoms with Gasteiger partial charge in [-0.1, -0.05) is 23.2 Å². The maximum atomic E-state index is 11.8. The number of hydrogen-bond donors (Lipinski definition) is 1. The quantitative estimate of drug-likeness (QED) is 0.655. The first-order chi connectivity index (χ1) is 8.66. The number of carbonyl (C=O) groups excluding carboxylic acids is 1. The first kappa shape index (κ1) is 15.8. The Kier molecular flexibility index (Phi) is 4.86. The van der Waals surface area contributed by atoms with Crippen LogP contribution >= 0.6 is 23.2 Å². The van der Waals surface area contributed by atoms with Gasteiger partial charge in [-0.3, -0.25) is 14.9 Å². The predicted octanol–water partition coefficient (Wildman–Crippen LogP) is 1.77. The second-order valence-corrected chi connectivity index (χ2v) is 6.01. The molecule has 0 atom stereocenters. The first-order valence-electron chi connectivity index (χ1n) is 4.78. The predicted molar refractivity (Wildman–Crippen MR) is 69.0 cm³/mol. The Hall–Kier alpha value is -1.22. The number of nitrogens with one attached hydrogen (secondary N) is 1. The number of hydrogen-bond acceptors (Lipinski definition) is 5. The zero-order chi connectivity index (χ0) is 14.8. The summed E-state index contributed by atoms with van der Waals surface area (Å²) in [7, 11) is -4.12. The van der Waals surface area contributed by atoms with Crippen LogP contribution < -0.4 is 4.72 Å². The molecule has 0 saturated carbocycles. The van der Waals surface area contributed by atoms with Crippen molar-refractivity contribution in [1.29, 1.82) is 0 Å². The van der Waals surface area contributed by atoms with Gasteiger partial charge in [-0.05, 0) is 19.1 Å². The minimum absolute atomic E-state index is 0.277. The van der Waals surface area contributed by atoms with Crippen molar-refractivity contribution in [1.82, 2.24) is 4.72 Å². The van der Waals surface area contributed by atoms with Crippen molar-refractivity contribution in [2.24, 2.45) is 0 Å². The molecular weight excluding hydrogens is 319 g/mol. The van der Waals surface area contributed by atoms with E-state index in [1.54, 1.807) is 0 Å². The summed E-state index contributed by atoms with van der Waals surface area (Å²) in [6.07, 6.45) is 0. The number of ketones is 1. The highest BCUT2D eigenvalue weighted by molar-refractivity contribution is 7.89. The van der Waals surface area contributed by atoms with E-state index in [-0.39, 0.29) is 5.02 Å². The van der Waals surface area contributed by atoms with Gasteiger partial charge in [0.1, 0.15) is 20.7 Å². The second kappa shape index (κ2) is 5.83. The van der Waals surface area contributed by atoms with Gasteiger partial charge in [-0.2, -0.15) is 0 Å². The molecule has 0 bridgehead atoms. The fourth-order valence-corrected chi connectivity index (χ4v) is 3.11. The topological polar surface area (TPSA) is 106 Å². The largest absolute Gasteiger partial charge is 0.307 e. The fourth-order valence-electron chi connectivity index (χ4n) is 1.17. The number of nitro groups is 1. The molecule has 1 aromatic rings. The number of benzene rings is 1. The number of carbonyl (C=O) groups is 1. The van der Waals surface area contributed by atoms with Crippen molar-refractivity contribution < 1.29 is 18.1 Å². The molecule has 0 fully saturated rings. The van der Waals surface area contributed by atoms with Crippen molar-refractivity contribution >= 4 is 44.7 Å². The van der Waals surface area contributed by atoms with Crippen molar-refractivity contribution in [3.63, 3.8) is 0 Å². The third kappa shape index (κ3) is 3.63. The van der Waals surface area contributed by atoms with Gasteiger partial charge in [0.15, 0.2) is 0 Å². The summed E-state index contributed by atoms with van der Waals surface area (Å²) in [4.78, 5) is 20.1. The number of rotatable bonds is 5. The molecule has 0 aliphatic heterocycles. The first-order valence-corrected chi connectivity index (χ1v) is 7.02. The number of Topliss-reactive ketones (excluding diaryl/α,β-unsaturated/α-hetero) is 1. The molecule has 0 unspecified atom stereocenters. The van der Waals surface area contributed by atoms with E-state index in [2.05, 4.69) is 0 Å². The summed E-state index contributed by atoms with van der Waals surface area (Å²) in [6, 6.07) is 2.08. The van der Waals surface area contributed by atoms with Crippen molar-refractivity contribution in [2.45, 2.75) is 11.8 Å². The molecule has 0 spiro atoms. The summed E-state index contributed by atoms with van der Waals surface area (Å²) in [5.41, 5.74) is -0.700. The van der Waals surface area contributed by atoms with E-state index >= 15 is 0 Å². The molecule has 0 saturated heterocycles. The van der Waals surface area contributed by atoms with Crippen LogP contribution in [0.4, 0.5) is 5.69 Å². The van der Waals surface area contributed by atoms with E-state index in [0.717, 1.165) is 12.1 Å². The summed E-state index contributed by atoms with van der Waals surface area (Å²) in [5, 5.41) is 9.87. The Morgan fingerprint density at radius 2 is 2.00 bits per heavy atom. The van der Waals surface area contributed by atoms with Crippen LogP contribution in [0.25, 0.3) is 0 Å². The number of sulfonamides is 1. The van der Waals surface area contributed by atoms with Gasteiger partial charge >= 0.3 is 5.69 Å². The van der Waals surface area contributed by atoms with Crippen molar-refractivity contribution in [2.75, 3.05) is 6.54 Å². The van der Waals surface area contributed by atoms with Crippen LogP contribution in [-0.2, 0) is 14.8 Å². The van der Waals surface area contributed by atoms with E-state index < -0.39 is 42.9 Å². The zero-order valence-electron chi connectivity index (χ0n) is 9.51. The lowest BCUT2D eigenvalue weighted by Gasteiger charge is -2.07. The molecular formula is C9H8Cl2N2O5S. The van der Waals surface area contributed by atoms with Gasteiger partial charge in [0.05, 0.1) is 11.5 Å². The van der Waals surface area contributed by atoms with Gasteiger partial charge in [0, 0.05) is 0 Å². The monoisotopic (exact) mass is 326 g/mol. The van der Waals surface area contributed by atoms with Crippen LogP contribution in [0.2, 0.25) is 10.0 Å². The standard InChI is InChI=1S/C9H8Cl2N2O5S/c1-5(14)4-12-19(17,18)7-3-2-6(10)9(8(7)11)13(15)16/h2-3,12H,4H2,1H3. The Morgan fingerprint density at radius 1 is 1.42 bits per heavy atom. The van der Waals surface area contributed by atoms with Gasteiger partial charge in [0.25, 0.3) is 0 Å². The van der Waals surface area contributed by atoms with Crippen LogP contribution in [0.5, 0.6) is 0 Å². The Bertz CT molecular complexity index is 644. The highest BCUT2D eigenvalue weighted by Gasteiger charge is 2.27. The van der Waals surface area contributed by atoms with E-state index in [4.69, 9.17) is 23.2 Å². The molecule has 0 aliphatic rings. The van der Waals surface area contributed by atoms with E-state index in [1.165, 1.54) is 6.92 Å². The average molecular weight is 327 g/mol. The molecule has 0 amide bonds. The molecule has 1 rings (SSSR count). The fraction of sp³-hybridized carbons (Fsp3) is 0.222. The van der Waals surface area contributed by atoms with Gasteiger partial charge in [0.2, 0.25) is 10.0 Å². The number of nitro benzene ring substituents is 1. The van der Waals surface area contributed by atoms with Gasteiger partial charge < -0.3 is 0 Å². The summed E-state index contributed by atoms with van der Waals surface area (Å²) < 4.78 is 25.6. The maximum absolute atomic E-state index is 11.8. The highest BCUT2D eigenvalue weighted by Crippen LogP contribution is 2.36. The van der Waals surface area contributed by atoms with Crippen LogP contribution in [0.3, 0.4) is 0 Å². The Balaban J connectivity index is 3.33. The van der Waals surface area contributed by atoms with Gasteiger partial charge in [-0.15, -0.1) is 0 Å². The van der Waals surface area contributed by atoms with Gasteiger partial charge in [-0.25, -0.2) is 13.1 Å². The van der Waals surface area contributed by atoms with Crippen LogP contribution in [0.1, 0.15) is 6.92 Å². The minimum Gasteiger partial charge on any atom is -0.299 e. The van der Waals surface area contributed by atoms with Crippen LogP contribution in [0.15, 0.2) is 17.0 Å². The molecule has 0 aliphatic carbocycles. The third-order valence-corrected chi connectivity index (χ3v) is 4.26. The van der Waals surface area contributed by atoms with E-state index in [0.29, 0.717) is 0 Å². The van der Waals surface area contributed by atoms with Crippen molar-refractivity contribution in [3.05, 3.63) is 32.3 Å². The van der Waals surface area contributed by atoms with Crippen molar-refractivity contribution in [3.8, 4) is 0 Å². The lowest BCUT2D eigenvalue weighted by atomic mass is 10.3. The lowest BCUT2D eigenvalue weighted by Crippen LogP contribution is -2.28. The molecule has 0 aromatic heterocycles.